The number of likely N-dealkylation sites (N-methyl/N-ethyl adjacent to an activating group) is 1. The fourth-order valence-corrected chi connectivity index (χ4v) is 6.25. The number of aliphatic hydroxyl groups is 3. The number of rotatable bonds is 4. The minimum Gasteiger partial charge on any atom is -0.508 e. The number of aromatic hydroxyl groups is 1. The van der Waals surface area contributed by atoms with Crippen LogP contribution in [-0.2, 0) is 20.8 Å². The Hall–Kier alpha value is -3.17. The molecule has 0 saturated heterocycles. The average Bonchev–Trinajstić information content (AvgIpc) is 2.74. The zero-order chi connectivity index (χ0) is 27.8. The fourth-order valence-electron chi connectivity index (χ4n) is 6.25. The number of anilines is 1. The minimum absolute atomic E-state index is 0. The number of nitrogens with zero attached hydrogens (tertiary/aromatic N) is 2. The molecule has 9 nitrogen and oxygen atoms in total. The van der Waals surface area contributed by atoms with E-state index in [1.807, 2.05) is 39.8 Å². The summed E-state index contributed by atoms with van der Waals surface area (Å²) in [4.78, 5) is 44.2. The Morgan fingerprint density at radius 1 is 1.08 bits per heavy atom. The van der Waals surface area contributed by atoms with E-state index in [0.29, 0.717) is 5.56 Å². The van der Waals surface area contributed by atoms with Gasteiger partial charge in [0, 0.05) is 37.7 Å². The molecule has 0 aromatic heterocycles. The summed E-state index contributed by atoms with van der Waals surface area (Å²) in [5.41, 5.74) is -2.23. The van der Waals surface area contributed by atoms with Gasteiger partial charge in [-0.15, -0.1) is 0 Å². The van der Waals surface area contributed by atoms with Gasteiger partial charge >= 0.3 is 0 Å². The normalized spacial score (nSPS) is 27.0. The van der Waals surface area contributed by atoms with Gasteiger partial charge in [-0.25, -0.2) is 0 Å². The monoisotopic (exact) mass is 528 g/mol. The van der Waals surface area contributed by atoms with Crippen LogP contribution < -0.4 is 4.90 Å². The number of hydrogen-bond acceptors (Lipinski definition) is 9. The van der Waals surface area contributed by atoms with Gasteiger partial charge in [-0.3, -0.25) is 19.3 Å². The van der Waals surface area contributed by atoms with E-state index in [4.69, 9.17) is 0 Å². The molecule has 0 bridgehead atoms. The molecule has 0 amide bonds. The lowest BCUT2D eigenvalue weighted by molar-refractivity contribution is -0.153. The molecule has 0 aliphatic heterocycles. The van der Waals surface area contributed by atoms with Gasteiger partial charge in [-0.1, -0.05) is 28.2 Å². The van der Waals surface area contributed by atoms with Crippen molar-refractivity contribution in [1.29, 1.82) is 0 Å². The quantitative estimate of drug-likeness (QED) is 0.434. The van der Waals surface area contributed by atoms with Gasteiger partial charge < -0.3 is 25.3 Å². The predicted molar refractivity (Wildman–Crippen MR) is 145 cm³/mol. The summed E-state index contributed by atoms with van der Waals surface area (Å²) in [6, 6.07) is 2.12. The van der Waals surface area contributed by atoms with Crippen LogP contribution in [0.2, 0.25) is 0 Å². The van der Waals surface area contributed by atoms with E-state index in [0.717, 1.165) is 5.69 Å². The predicted octanol–water partition coefficient (Wildman–Crippen LogP) is 3.19. The third-order valence-electron chi connectivity index (χ3n) is 7.78. The molecule has 3 aliphatic rings. The van der Waals surface area contributed by atoms with Crippen LogP contribution >= 0.6 is 0 Å². The molecule has 0 radical (unpaired) electrons. The van der Waals surface area contributed by atoms with Crippen molar-refractivity contribution in [2.45, 2.75) is 59.1 Å². The maximum atomic E-state index is 14.0. The van der Waals surface area contributed by atoms with Crippen LogP contribution in [0.15, 0.2) is 29.0 Å². The first-order chi connectivity index (χ1) is 17.0. The van der Waals surface area contributed by atoms with Crippen molar-refractivity contribution in [3.05, 3.63) is 40.2 Å². The molecule has 0 heterocycles. The van der Waals surface area contributed by atoms with Crippen molar-refractivity contribution in [3.8, 4) is 5.75 Å². The minimum atomic E-state index is -2.57. The third-order valence-corrected chi connectivity index (χ3v) is 7.78. The van der Waals surface area contributed by atoms with E-state index in [9.17, 15) is 34.8 Å². The third kappa shape index (κ3) is 4.22. The zero-order valence-electron chi connectivity index (χ0n) is 22.4. The van der Waals surface area contributed by atoms with E-state index in [1.165, 1.54) is 6.07 Å². The maximum Gasteiger partial charge on any atom is 0.202 e. The van der Waals surface area contributed by atoms with Crippen molar-refractivity contribution in [2.75, 3.05) is 33.1 Å². The van der Waals surface area contributed by atoms with Crippen molar-refractivity contribution in [1.82, 2.24) is 4.90 Å². The first kappa shape index (κ1) is 29.4. The van der Waals surface area contributed by atoms with E-state index in [2.05, 4.69) is 0 Å². The second-order valence-electron chi connectivity index (χ2n) is 12.1. The SMILES string of the molecule is C.CN(C)c1ccc(O)c2c1C[C@H]1C[C@H]3[C@@H](N(C)C)C(=O)C(C(=O)CC(C)(C)C)=C(O)[C@]3(O)C(=O)C1=C2O. The zero-order valence-corrected chi connectivity index (χ0v) is 22.4. The number of carbonyl (C=O) groups is 3. The molecule has 4 N–H and O–H groups in total. The Bertz CT molecular complexity index is 1270. The Balaban J connectivity index is 0.00000400. The van der Waals surface area contributed by atoms with Gasteiger partial charge in [0.15, 0.2) is 17.2 Å². The lowest BCUT2D eigenvalue weighted by atomic mass is 9.57. The number of Topliss-reactive ketones (excluding diaryl/α,β-unsaturated/α-hetero) is 3. The topological polar surface area (TPSA) is 139 Å². The molecule has 208 valence electrons. The largest absolute Gasteiger partial charge is 0.508 e. The highest BCUT2D eigenvalue weighted by Crippen LogP contribution is 2.53. The van der Waals surface area contributed by atoms with Crippen LogP contribution in [0.3, 0.4) is 0 Å². The van der Waals surface area contributed by atoms with E-state index in [-0.39, 0.29) is 43.6 Å². The van der Waals surface area contributed by atoms with Gasteiger partial charge in [0.25, 0.3) is 0 Å². The summed E-state index contributed by atoms with van der Waals surface area (Å²) >= 11 is 0. The van der Waals surface area contributed by atoms with Crippen LogP contribution in [0, 0.1) is 17.3 Å². The lowest BCUT2D eigenvalue weighted by Crippen LogP contribution is -2.65. The molecule has 4 rings (SSSR count). The van der Waals surface area contributed by atoms with Gasteiger partial charge in [-0.2, -0.15) is 0 Å². The van der Waals surface area contributed by atoms with Gasteiger partial charge in [0.1, 0.15) is 22.8 Å². The van der Waals surface area contributed by atoms with Crippen LogP contribution in [0.25, 0.3) is 5.76 Å². The first-order valence-corrected chi connectivity index (χ1v) is 12.4. The van der Waals surface area contributed by atoms with E-state index in [1.54, 1.807) is 25.1 Å². The number of fused-ring (bicyclic) bond motifs is 3. The van der Waals surface area contributed by atoms with Gasteiger partial charge in [0.2, 0.25) is 5.78 Å². The summed E-state index contributed by atoms with van der Waals surface area (Å²) in [5.74, 6) is -5.46. The highest BCUT2D eigenvalue weighted by Gasteiger charge is 2.64. The molecular formula is C29H40N2O7. The molecule has 0 spiro atoms. The maximum absolute atomic E-state index is 14.0. The molecule has 1 aromatic carbocycles. The fraction of sp³-hybridized carbons (Fsp3) is 0.552. The van der Waals surface area contributed by atoms with Gasteiger partial charge in [0.05, 0.1) is 11.6 Å². The van der Waals surface area contributed by atoms with Crippen molar-refractivity contribution < 1.29 is 34.8 Å². The van der Waals surface area contributed by atoms with Crippen molar-refractivity contribution in [2.24, 2.45) is 17.3 Å². The molecule has 38 heavy (non-hydrogen) atoms. The van der Waals surface area contributed by atoms with Crippen LogP contribution in [0.1, 0.15) is 52.2 Å². The second-order valence-corrected chi connectivity index (χ2v) is 12.1. The summed E-state index contributed by atoms with van der Waals surface area (Å²) < 4.78 is 0. The van der Waals surface area contributed by atoms with Gasteiger partial charge in [-0.05, 0) is 56.0 Å². The second kappa shape index (κ2) is 9.54. The number of aliphatic hydroxyl groups excluding tert-OH is 2. The molecule has 1 fully saturated rings. The van der Waals surface area contributed by atoms with E-state index >= 15 is 0 Å². The summed E-state index contributed by atoms with van der Waals surface area (Å²) in [5, 5.41) is 45.0. The number of carbonyl (C=O) groups excluding carboxylic acids is 3. The summed E-state index contributed by atoms with van der Waals surface area (Å²) in [6.45, 7) is 5.43. The lowest BCUT2D eigenvalue weighted by Gasteiger charge is -2.50. The Morgan fingerprint density at radius 3 is 2.21 bits per heavy atom. The molecule has 1 aromatic rings. The Kier molecular flexibility index (Phi) is 7.38. The molecule has 9 heteroatoms. The number of benzene rings is 1. The first-order valence-electron chi connectivity index (χ1n) is 12.4. The van der Waals surface area contributed by atoms with Crippen LogP contribution in [0.5, 0.6) is 5.75 Å². The number of phenolic OH excluding ortho intramolecular Hbond substituents is 1. The number of ketones is 3. The molecular weight excluding hydrogens is 488 g/mol. The van der Waals surface area contributed by atoms with Crippen LogP contribution in [-0.4, -0.2) is 82.5 Å². The summed E-state index contributed by atoms with van der Waals surface area (Å²) in [6.07, 6.45) is 0.310. The highest BCUT2D eigenvalue weighted by atomic mass is 16.3. The van der Waals surface area contributed by atoms with Crippen molar-refractivity contribution >= 4 is 28.8 Å². The highest BCUT2D eigenvalue weighted by molar-refractivity contribution is 6.25. The molecule has 3 aliphatic carbocycles. The molecule has 1 saturated carbocycles. The molecule has 0 unspecified atom stereocenters. The smallest absolute Gasteiger partial charge is 0.202 e. The summed E-state index contributed by atoms with van der Waals surface area (Å²) in [7, 11) is 6.91. The van der Waals surface area contributed by atoms with Crippen LogP contribution in [0.4, 0.5) is 5.69 Å². The van der Waals surface area contributed by atoms with E-state index < -0.39 is 63.3 Å². The molecule has 4 atom stereocenters. The standard InChI is InChI=1S/C28H36N2O7.CH4/c1-27(2,3)12-18(32)21-24(34)22(30(6)7)15-11-13-10-14-16(29(4)5)8-9-17(31)20(14)23(33)19(13)25(35)28(15,37)26(21)36;/h8-9,13,15,22,31,33,36-37H,10-12H2,1-7H3;1H4/t13-,15-,22+,28+;/m0./s1. The number of hydrogen-bond donors (Lipinski definition) is 4. The Labute approximate surface area is 224 Å². The number of phenols is 1. The Morgan fingerprint density at radius 2 is 1.68 bits per heavy atom. The van der Waals surface area contributed by atoms with Crippen molar-refractivity contribution in [3.63, 3.8) is 0 Å². The average molecular weight is 529 g/mol.